The minimum Gasteiger partial charge on any atom is -0.504 e. The first kappa shape index (κ1) is 21.1. The Morgan fingerprint density at radius 1 is 0.800 bits per heavy atom. The second-order valence-corrected chi connectivity index (χ2v) is 7.35. The van der Waals surface area contributed by atoms with E-state index in [9.17, 15) is 10.2 Å². The molecule has 0 spiro atoms. The summed E-state index contributed by atoms with van der Waals surface area (Å²) in [5.41, 5.74) is 6.69. The molecule has 2 N–H and O–H groups in total. The number of rotatable bonds is 8. The Morgan fingerprint density at radius 3 is 1.96 bits per heavy atom. The molecular weight excluding hydrogens is 308 g/mol. The topological polar surface area (TPSA) is 40.5 Å². The summed E-state index contributed by atoms with van der Waals surface area (Å²) in [6, 6.07) is 1.92. The number of aryl methyl sites for hydroxylation is 2. The van der Waals surface area contributed by atoms with Crippen molar-refractivity contribution in [3.8, 4) is 11.5 Å². The van der Waals surface area contributed by atoms with Gasteiger partial charge in [0.05, 0.1) is 0 Å². The molecule has 0 bridgehead atoms. The van der Waals surface area contributed by atoms with E-state index >= 15 is 0 Å². The summed E-state index contributed by atoms with van der Waals surface area (Å²) in [5, 5.41) is 20.1. The van der Waals surface area contributed by atoms with Gasteiger partial charge in [0.25, 0.3) is 0 Å². The van der Waals surface area contributed by atoms with E-state index in [1.54, 1.807) is 6.92 Å². The van der Waals surface area contributed by atoms with Gasteiger partial charge in [-0.15, -0.1) is 0 Å². The summed E-state index contributed by atoms with van der Waals surface area (Å²) in [5.74, 6) is 0.0261. The number of hydrogen-bond donors (Lipinski definition) is 2. The van der Waals surface area contributed by atoms with Crippen LogP contribution in [-0.2, 0) is 6.42 Å². The highest BCUT2D eigenvalue weighted by Gasteiger charge is 2.11. The van der Waals surface area contributed by atoms with Crippen molar-refractivity contribution in [2.45, 2.75) is 73.6 Å². The van der Waals surface area contributed by atoms with E-state index in [2.05, 4.69) is 45.9 Å². The predicted octanol–water partition coefficient (Wildman–Crippen LogP) is 6.68. The van der Waals surface area contributed by atoms with Crippen LogP contribution in [0.5, 0.6) is 11.5 Å². The van der Waals surface area contributed by atoms with Crippen molar-refractivity contribution in [2.24, 2.45) is 0 Å². The average Bonchev–Trinajstić information content (AvgIpc) is 2.52. The standard InChI is InChI=1S/C23H34O2/c1-16(2)9-7-10-17(3)11-8-12-18(4)13-14-21-19(5)15-20(6)22(24)23(21)25/h9,11,13,15,24-25H,7-8,10,12,14H2,1-6H3/b17-11+,18-13+. The number of allylic oxidation sites excluding steroid dienone is 6. The molecule has 0 aliphatic heterocycles. The SMILES string of the molecule is CC(C)=CCC/C(C)=C/CC/C(C)=C/Cc1c(C)cc(C)c(O)c1O. The number of benzene rings is 1. The predicted molar refractivity (Wildman–Crippen MR) is 108 cm³/mol. The van der Waals surface area contributed by atoms with Crippen molar-refractivity contribution >= 4 is 0 Å². The highest BCUT2D eigenvalue weighted by atomic mass is 16.3. The maximum absolute atomic E-state index is 10.1. The first-order valence-electron chi connectivity index (χ1n) is 9.18. The van der Waals surface area contributed by atoms with Gasteiger partial charge < -0.3 is 10.2 Å². The van der Waals surface area contributed by atoms with Crippen LogP contribution in [0.2, 0.25) is 0 Å². The second kappa shape index (κ2) is 10.1. The summed E-state index contributed by atoms with van der Waals surface area (Å²) in [4.78, 5) is 0. The molecule has 0 radical (unpaired) electrons. The van der Waals surface area contributed by atoms with Crippen LogP contribution in [0.25, 0.3) is 0 Å². The molecule has 0 aromatic heterocycles. The molecule has 0 atom stereocenters. The molecular formula is C23H34O2. The summed E-state index contributed by atoms with van der Waals surface area (Å²) in [6.45, 7) is 12.4. The van der Waals surface area contributed by atoms with Crippen molar-refractivity contribution < 1.29 is 10.2 Å². The molecule has 1 aromatic carbocycles. The number of aromatic hydroxyl groups is 2. The highest BCUT2D eigenvalue weighted by molar-refractivity contribution is 5.53. The van der Waals surface area contributed by atoms with Gasteiger partial charge in [0.1, 0.15) is 0 Å². The molecule has 0 saturated carbocycles. The van der Waals surface area contributed by atoms with Gasteiger partial charge in [-0.05, 0) is 84.8 Å². The van der Waals surface area contributed by atoms with Crippen molar-refractivity contribution in [3.05, 3.63) is 57.7 Å². The maximum atomic E-state index is 10.1. The lowest BCUT2D eigenvalue weighted by atomic mass is 9.98. The molecule has 1 rings (SSSR count). The van der Waals surface area contributed by atoms with E-state index in [0.717, 1.165) is 36.8 Å². The van der Waals surface area contributed by atoms with Gasteiger partial charge in [-0.2, -0.15) is 0 Å². The van der Waals surface area contributed by atoms with E-state index in [1.165, 1.54) is 16.7 Å². The quantitative estimate of drug-likeness (QED) is 0.409. The molecule has 25 heavy (non-hydrogen) atoms. The molecule has 2 nitrogen and oxygen atoms in total. The molecule has 138 valence electrons. The zero-order chi connectivity index (χ0) is 19.0. The molecule has 0 fully saturated rings. The largest absolute Gasteiger partial charge is 0.504 e. The lowest BCUT2D eigenvalue weighted by molar-refractivity contribution is 0.397. The van der Waals surface area contributed by atoms with E-state index in [4.69, 9.17) is 0 Å². The third kappa shape index (κ3) is 7.21. The molecule has 0 amide bonds. The maximum Gasteiger partial charge on any atom is 0.161 e. The summed E-state index contributed by atoms with van der Waals surface area (Å²) in [7, 11) is 0. The van der Waals surface area contributed by atoms with E-state index in [1.807, 2.05) is 13.0 Å². The van der Waals surface area contributed by atoms with E-state index < -0.39 is 0 Å². The zero-order valence-corrected chi connectivity index (χ0v) is 16.7. The summed E-state index contributed by atoms with van der Waals surface area (Å²) >= 11 is 0. The van der Waals surface area contributed by atoms with E-state index in [0.29, 0.717) is 12.0 Å². The van der Waals surface area contributed by atoms with Crippen LogP contribution in [0.3, 0.4) is 0 Å². The number of phenols is 2. The van der Waals surface area contributed by atoms with Gasteiger partial charge in [0.2, 0.25) is 0 Å². The van der Waals surface area contributed by atoms with Gasteiger partial charge in [0, 0.05) is 5.56 Å². The first-order valence-corrected chi connectivity index (χ1v) is 9.18. The fourth-order valence-corrected chi connectivity index (χ4v) is 2.87. The Labute approximate surface area is 153 Å². The van der Waals surface area contributed by atoms with Gasteiger partial charge in [0.15, 0.2) is 11.5 Å². The van der Waals surface area contributed by atoms with Crippen molar-refractivity contribution in [1.29, 1.82) is 0 Å². The van der Waals surface area contributed by atoms with Gasteiger partial charge in [-0.3, -0.25) is 0 Å². The smallest absolute Gasteiger partial charge is 0.161 e. The molecule has 0 saturated heterocycles. The Kier molecular flexibility index (Phi) is 8.54. The summed E-state index contributed by atoms with van der Waals surface area (Å²) in [6.07, 6.45) is 11.7. The summed E-state index contributed by atoms with van der Waals surface area (Å²) < 4.78 is 0. The van der Waals surface area contributed by atoms with Crippen molar-refractivity contribution in [3.63, 3.8) is 0 Å². The lowest BCUT2D eigenvalue weighted by Gasteiger charge is -2.11. The Balaban J connectivity index is 2.58. The zero-order valence-electron chi connectivity index (χ0n) is 16.7. The lowest BCUT2D eigenvalue weighted by Crippen LogP contribution is -1.92. The molecule has 0 unspecified atom stereocenters. The van der Waals surface area contributed by atoms with Crippen LogP contribution < -0.4 is 0 Å². The molecule has 0 aliphatic rings. The number of hydrogen-bond acceptors (Lipinski definition) is 2. The molecule has 0 aliphatic carbocycles. The molecule has 0 heterocycles. The first-order chi connectivity index (χ1) is 11.7. The fraction of sp³-hybridized carbons (Fsp3) is 0.478. The Morgan fingerprint density at radius 2 is 1.36 bits per heavy atom. The van der Waals surface area contributed by atoms with E-state index in [-0.39, 0.29) is 11.5 Å². The minimum atomic E-state index is 0.00146. The third-order valence-corrected chi connectivity index (χ3v) is 4.57. The van der Waals surface area contributed by atoms with Crippen LogP contribution in [-0.4, -0.2) is 10.2 Å². The van der Waals surface area contributed by atoms with Gasteiger partial charge >= 0.3 is 0 Å². The Hall–Kier alpha value is -1.96. The van der Waals surface area contributed by atoms with Gasteiger partial charge in [-0.25, -0.2) is 0 Å². The Bertz CT molecular complexity index is 672. The van der Waals surface area contributed by atoms with Crippen LogP contribution >= 0.6 is 0 Å². The van der Waals surface area contributed by atoms with Crippen LogP contribution in [0.1, 0.15) is 70.1 Å². The van der Waals surface area contributed by atoms with Crippen molar-refractivity contribution in [1.82, 2.24) is 0 Å². The van der Waals surface area contributed by atoms with Gasteiger partial charge in [-0.1, -0.05) is 41.0 Å². The monoisotopic (exact) mass is 342 g/mol. The normalized spacial score (nSPS) is 12.4. The fourth-order valence-electron chi connectivity index (χ4n) is 2.87. The average molecular weight is 343 g/mol. The second-order valence-electron chi connectivity index (χ2n) is 7.35. The third-order valence-electron chi connectivity index (χ3n) is 4.57. The minimum absolute atomic E-state index is 0.00146. The van der Waals surface area contributed by atoms with Crippen molar-refractivity contribution in [2.75, 3.05) is 0 Å². The van der Waals surface area contributed by atoms with Crippen LogP contribution in [0, 0.1) is 13.8 Å². The molecule has 2 heteroatoms. The highest BCUT2D eigenvalue weighted by Crippen LogP contribution is 2.35. The number of phenolic OH excluding ortho intramolecular Hbond substituents is 2. The van der Waals surface area contributed by atoms with Crippen LogP contribution in [0.15, 0.2) is 41.0 Å². The van der Waals surface area contributed by atoms with Crippen LogP contribution in [0.4, 0.5) is 0 Å². The molecule has 1 aromatic rings.